The van der Waals surface area contributed by atoms with Crippen molar-refractivity contribution in [2.24, 2.45) is 5.73 Å². The van der Waals surface area contributed by atoms with Crippen molar-refractivity contribution in [1.29, 1.82) is 0 Å². The van der Waals surface area contributed by atoms with Gasteiger partial charge in [0.1, 0.15) is 12.4 Å². The summed E-state index contributed by atoms with van der Waals surface area (Å²) >= 11 is 0. The predicted octanol–water partition coefficient (Wildman–Crippen LogP) is 1.20. The molecule has 0 fully saturated rings. The largest absolute Gasteiger partial charge is 0.497 e. The third kappa shape index (κ3) is 3.05. The highest BCUT2D eigenvalue weighted by atomic mass is 16.6. The molecule has 2 rings (SSSR count). The van der Waals surface area contributed by atoms with Crippen molar-refractivity contribution in [3.63, 3.8) is 0 Å². The maximum atomic E-state index is 11.3. The molecule has 1 aliphatic rings. The van der Waals surface area contributed by atoms with E-state index in [-0.39, 0.29) is 24.7 Å². The zero-order valence-electron chi connectivity index (χ0n) is 11.2. The first-order valence-electron chi connectivity index (χ1n) is 6.35. The van der Waals surface area contributed by atoms with E-state index < -0.39 is 0 Å². The number of rotatable bonds is 5. The van der Waals surface area contributed by atoms with Crippen LogP contribution >= 0.6 is 0 Å². The summed E-state index contributed by atoms with van der Waals surface area (Å²) in [7, 11) is 1.63. The standard InChI is InChI=1S/C14H19NO4/c1-3-18-13(16)8-19-14-11-5-4-10(17-2)6-9(11)7-12(14)15/h4-6,12,14H,3,7-8,15H2,1-2H3. The van der Waals surface area contributed by atoms with Gasteiger partial charge in [-0.1, -0.05) is 6.07 Å². The summed E-state index contributed by atoms with van der Waals surface area (Å²) in [6.07, 6.45) is 0.463. The first kappa shape index (κ1) is 13.8. The van der Waals surface area contributed by atoms with Crippen LogP contribution in [0.2, 0.25) is 0 Å². The lowest BCUT2D eigenvalue weighted by Gasteiger charge is -2.17. The zero-order valence-corrected chi connectivity index (χ0v) is 11.2. The van der Waals surface area contributed by atoms with Crippen LogP contribution in [0, 0.1) is 0 Å². The fourth-order valence-corrected chi connectivity index (χ4v) is 2.33. The predicted molar refractivity (Wildman–Crippen MR) is 70.0 cm³/mol. The smallest absolute Gasteiger partial charge is 0.332 e. The molecule has 1 aliphatic carbocycles. The molecule has 104 valence electrons. The summed E-state index contributed by atoms with van der Waals surface area (Å²) < 4.78 is 15.6. The molecule has 0 bridgehead atoms. The lowest BCUT2D eigenvalue weighted by molar-refractivity contribution is -0.150. The van der Waals surface area contributed by atoms with Crippen LogP contribution in [-0.4, -0.2) is 32.3 Å². The Kier molecular flexibility index (Phi) is 4.39. The van der Waals surface area contributed by atoms with Gasteiger partial charge in [-0.25, -0.2) is 4.79 Å². The summed E-state index contributed by atoms with van der Waals surface area (Å²) in [4.78, 5) is 11.3. The molecule has 0 saturated carbocycles. The number of carbonyl (C=O) groups excluding carboxylic acids is 1. The minimum atomic E-state index is -0.364. The van der Waals surface area contributed by atoms with Gasteiger partial charge in [0.05, 0.1) is 19.8 Å². The number of nitrogens with two attached hydrogens (primary N) is 1. The topological polar surface area (TPSA) is 70.8 Å². The maximum absolute atomic E-state index is 11.3. The minimum Gasteiger partial charge on any atom is -0.497 e. The van der Waals surface area contributed by atoms with Crippen molar-refractivity contribution >= 4 is 5.97 Å². The van der Waals surface area contributed by atoms with Crippen molar-refractivity contribution in [3.05, 3.63) is 29.3 Å². The van der Waals surface area contributed by atoms with Gasteiger partial charge in [0, 0.05) is 6.04 Å². The Labute approximate surface area is 112 Å². The second-order valence-corrected chi connectivity index (χ2v) is 4.47. The molecule has 1 aromatic carbocycles. The zero-order chi connectivity index (χ0) is 13.8. The molecule has 0 aromatic heterocycles. The highest BCUT2D eigenvalue weighted by Crippen LogP contribution is 2.35. The molecular formula is C14H19NO4. The number of hydrogen-bond acceptors (Lipinski definition) is 5. The number of esters is 1. The van der Waals surface area contributed by atoms with Gasteiger partial charge in [-0.3, -0.25) is 0 Å². The molecule has 0 heterocycles. The van der Waals surface area contributed by atoms with E-state index in [1.165, 1.54) is 0 Å². The number of methoxy groups -OCH3 is 1. The maximum Gasteiger partial charge on any atom is 0.332 e. The van der Waals surface area contributed by atoms with Crippen LogP contribution in [0.25, 0.3) is 0 Å². The van der Waals surface area contributed by atoms with Crippen LogP contribution in [0.1, 0.15) is 24.2 Å². The van der Waals surface area contributed by atoms with Crippen LogP contribution in [0.15, 0.2) is 18.2 Å². The summed E-state index contributed by atoms with van der Waals surface area (Å²) in [5, 5.41) is 0. The molecule has 5 nitrogen and oxygen atoms in total. The van der Waals surface area contributed by atoms with Gasteiger partial charge in [0.25, 0.3) is 0 Å². The average Bonchev–Trinajstić information content (AvgIpc) is 2.71. The van der Waals surface area contributed by atoms with E-state index in [4.69, 9.17) is 19.9 Å². The van der Waals surface area contributed by atoms with Crippen molar-refractivity contribution in [2.45, 2.75) is 25.5 Å². The monoisotopic (exact) mass is 265 g/mol. The lowest BCUT2D eigenvalue weighted by Crippen LogP contribution is -2.28. The molecule has 1 aromatic rings. The number of hydrogen-bond donors (Lipinski definition) is 1. The van der Waals surface area contributed by atoms with Crippen LogP contribution in [0.5, 0.6) is 5.75 Å². The van der Waals surface area contributed by atoms with Crippen molar-refractivity contribution in [1.82, 2.24) is 0 Å². The number of ether oxygens (including phenoxy) is 3. The summed E-state index contributed by atoms with van der Waals surface area (Å²) in [5.41, 5.74) is 8.20. The number of benzene rings is 1. The van der Waals surface area contributed by atoms with E-state index in [1.807, 2.05) is 18.2 Å². The van der Waals surface area contributed by atoms with Crippen LogP contribution in [0.3, 0.4) is 0 Å². The molecule has 2 unspecified atom stereocenters. The third-order valence-electron chi connectivity index (χ3n) is 3.19. The number of carbonyl (C=O) groups is 1. The molecular weight excluding hydrogens is 246 g/mol. The van der Waals surface area contributed by atoms with Gasteiger partial charge in [0.2, 0.25) is 0 Å². The third-order valence-corrected chi connectivity index (χ3v) is 3.19. The summed E-state index contributed by atoms with van der Waals surface area (Å²) in [6, 6.07) is 5.63. The first-order valence-corrected chi connectivity index (χ1v) is 6.35. The summed E-state index contributed by atoms with van der Waals surface area (Å²) in [6.45, 7) is 2.05. The highest BCUT2D eigenvalue weighted by molar-refractivity contribution is 5.70. The molecule has 5 heteroatoms. The van der Waals surface area contributed by atoms with E-state index >= 15 is 0 Å². The normalized spacial score (nSPS) is 21.0. The van der Waals surface area contributed by atoms with Crippen LogP contribution < -0.4 is 10.5 Å². The first-order chi connectivity index (χ1) is 9.15. The number of fused-ring (bicyclic) bond motifs is 1. The van der Waals surface area contributed by atoms with Gasteiger partial charge in [-0.05, 0) is 36.6 Å². The second kappa shape index (κ2) is 6.04. The Morgan fingerprint density at radius 3 is 2.95 bits per heavy atom. The van der Waals surface area contributed by atoms with E-state index in [0.29, 0.717) is 6.61 Å². The molecule has 2 N–H and O–H groups in total. The van der Waals surface area contributed by atoms with E-state index in [9.17, 15) is 4.79 Å². The minimum absolute atomic E-state index is 0.0718. The fraction of sp³-hybridized carbons (Fsp3) is 0.500. The fourth-order valence-electron chi connectivity index (χ4n) is 2.33. The van der Waals surface area contributed by atoms with Crippen molar-refractivity contribution in [3.8, 4) is 5.75 Å². The molecule has 0 amide bonds. The van der Waals surface area contributed by atoms with Gasteiger partial charge >= 0.3 is 5.97 Å². The Hall–Kier alpha value is -1.59. The van der Waals surface area contributed by atoms with Crippen LogP contribution in [0.4, 0.5) is 0 Å². The molecule has 2 atom stereocenters. The average molecular weight is 265 g/mol. The SMILES string of the molecule is CCOC(=O)COC1c2ccc(OC)cc2CC1N. The van der Waals surface area contributed by atoms with Crippen molar-refractivity contribution < 1.29 is 19.0 Å². The molecule has 19 heavy (non-hydrogen) atoms. The van der Waals surface area contributed by atoms with Crippen LogP contribution in [-0.2, 0) is 20.7 Å². The summed E-state index contributed by atoms with van der Waals surface area (Å²) in [5.74, 6) is 0.439. The molecule has 0 spiro atoms. The molecule has 0 aliphatic heterocycles. The van der Waals surface area contributed by atoms with Gasteiger partial charge in [-0.2, -0.15) is 0 Å². The Morgan fingerprint density at radius 1 is 1.47 bits per heavy atom. The van der Waals surface area contributed by atoms with E-state index in [1.54, 1.807) is 14.0 Å². The Bertz CT molecular complexity index is 461. The Morgan fingerprint density at radius 2 is 2.26 bits per heavy atom. The molecule has 0 radical (unpaired) electrons. The quantitative estimate of drug-likeness (QED) is 0.810. The highest BCUT2D eigenvalue weighted by Gasteiger charge is 2.31. The van der Waals surface area contributed by atoms with Gasteiger partial charge in [-0.15, -0.1) is 0 Å². The Balaban J connectivity index is 2.05. The van der Waals surface area contributed by atoms with Crippen molar-refractivity contribution in [2.75, 3.05) is 20.3 Å². The van der Waals surface area contributed by atoms with Gasteiger partial charge in [0.15, 0.2) is 0 Å². The second-order valence-electron chi connectivity index (χ2n) is 4.47. The lowest BCUT2D eigenvalue weighted by atomic mass is 10.1. The molecule has 0 saturated heterocycles. The van der Waals surface area contributed by atoms with Gasteiger partial charge < -0.3 is 19.9 Å². The van der Waals surface area contributed by atoms with E-state index in [0.717, 1.165) is 23.3 Å². The van der Waals surface area contributed by atoms with E-state index in [2.05, 4.69) is 0 Å².